The van der Waals surface area contributed by atoms with E-state index in [1.54, 1.807) is 0 Å². The van der Waals surface area contributed by atoms with E-state index in [9.17, 15) is 4.79 Å². The van der Waals surface area contributed by atoms with Crippen molar-refractivity contribution in [1.82, 2.24) is 5.32 Å². The average Bonchev–Trinajstić information content (AvgIpc) is 2.33. The Morgan fingerprint density at radius 2 is 2.06 bits per heavy atom. The van der Waals surface area contributed by atoms with E-state index in [4.69, 9.17) is 5.53 Å². The van der Waals surface area contributed by atoms with E-state index in [1.807, 2.05) is 24.3 Å². The second kappa shape index (κ2) is 6.07. The normalized spacial score (nSPS) is 10.6. The second-order valence-corrected chi connectivity index (χ2v) is 5.01. The third-order valence-electron chi connectivity index (χ3n) is 2.54. The first-order chi connectivity index (χ1) is 8.46. The van der Waals surface area contributed by atoms with Crippen LogP contribution in [-0.4, -0.2) is 19.0 Å². The Morgan fingerprint density at radius 3 is 2.67 bits per heavy atom. The van der Waals surface area contributed by atoms with Crippen molar-refractivity contribution >= 4 is 5.91 Å². The molecular weight excluding hydrogens is 228 g/mol. The van der Waals surface area contributed by atoms with Crippen LogP contribution in [0.15, 0.2) is 29.4 Å². The number of hydrogen-bond donors (Lipinski definition) is 1. The van der Waals surface area contributed by atoms with Crippen LogP contribution in [0, 0.1) is 0 Å². The summed E-state index contributed by atoms with van der Waals surface area (Å²) in [6.45, 7) is 6.82. The first-order valence-electron chi connectivity index (χ1n) is 5.85. The van der Waals surface area contributed by atoms with Gasteiger partial charge in [-0.2, -0.15) is 0 Å². The van der Waals surface area contributed by atoms with Crippen LogP contribution in [0.4, 0.5) is 0 Å². The lowest BCUT2D eigenvalue weighted by Gasteiger charge is -2.22. The Balaban J connectivity index is 2.83. The fourth-order valence-electron chi connectivity index (χ4n) is 1.69. The van der Waals surface area contributed by atoms with Crippen molar-refractivity contribution < 1.29 is 4.79 Å². The molecule has 1 aromatic carbocycles. The number of hydrogen-bond acceptors (Lipinski definition) is 2. The van der Waals surface area contributed by atoms with Crippen LogP contribution >= 0.6 is 0 Å². The summed E-state index contributed by atoms with van der Waals surface area (Å²) in [7, 11) is 0. The molecule has 0 aliphatic rings. The molecule has 0 fully saturated rings. The minimum atomic E-state index is -0.131. The minimum absolute atomic E-state index is 0.0846. The van der Waals surface area contributed by atoms with Crippen LogP contribution in [-0.2, 0) is 5.41 Å². The zero-order valence-corrected chi connectivity index (χ0v) is 11.0. The molecule has 96 valence electrons. The third-order valence-corrected chi connectivity index (χ3v) is 2.54. The van der Waals surface area contributed by atoms with Gasteiger partial charge in [-0.05, 0) is 22.6 Å². The van der Waals surface area contributed by atoms with Crippen molar-refractivity contribution in [1.29, 1.82) is 0 Å². The Kier molecular flexibility index (Phi) is 4.75. The molecular formula is C13H18N4O. The zero-order chi connectivity index (χ0) is 13.6. The number of amides is 1. The van der Waals surface area contributed by atoms with Gasteiger partial charge < -0.3 is 5.32 Å². The van der Waals surface area contributed by atoms with Gasteiger partial charge >= 0.3 is 0 Å². The fourth-order valence-corrected chi connectivity index (χ4v) is 1.69. The smallest absolute Gasteiger partial charge is 0.251 e. The highest BCUT2D eigenvalue weighted by Gasteiger charge is 2.20. The monoisotopic (exact) mass is 246 g/mol. The SMILES string of the molecule is CC(C)(C)c1ccccc1C(=O)NCCN=[N+]=[N-]. The van der Waals surface area contributed by atoms with Crippen molar-refractivity contribution in [3.63, 3.8) is 0 Å². The Bertz CT molecular complexity index is 470. The van der Waals surface area contributed by atoms with E-state index in [2.05, 4.69) is 36.1 Å². The molecule has 0 bridgehead atoms. The molecule has 0 saturated carbocycles. The highest BCUT2D eigenvalue weighted by Crippen LogP contribution is 2.25. The van der Waals surface area contributed by atoms with Gasteiger partial charge in [0.15, 0.2) is 0 Å². The lowest BCUT2D eigenvalue weighted by atomic mass is 9.83. The number of azide groups is 1. The minimum Gasteiger partial charge on any atom is -0.352 e. The molecule has 0 spiro atoms. The van der Waals surface area contributed by atoms with E-state index in [1.165, 1.54) is 0 Å². The van der Waals surface area contributed by atoms with E-state index in [-0.39, 0.29) is 17.9 Å². The van der Waals surface area contributed by atoms with Gasteiger partial charge in [0.25, 0.3) is 5.91 Å². The topological polar surface area (TPSA) is 77.9 Å². The summed E-state index contributed by atoms with van der Waals surface area (Å²) >= 11 is 0. The largest absolute Gasteiger partial charge is 0.352 e. The maximum Gasteiger partial charge on any atom is 0.251 e. The number of carbonyl (C=O) groups is 1. The van der Waals surface area contributed by atoms with E-state index in [0.717, 1.165) is 5.56 Å². The molecule has 0 heterocycles. The molecule has 0 aliphatic heterocycles. The molecule has 5 nitrogen and oxygen atoms in total. The molecule has 0 aliphatic carbocycles. The molecule has 1 N–H and O–H groups in total. The molecule has 0 unspecified atom stereocenters. The molecule has 1 amide bonds. The van der Waals surface area contributed by atoms with E-state index < -0.39 is 0 Å². The van der Waals surface area contributed by atoms with E-state index in [0.29, 0.717) is 12.1 Å². The number of rotatable bonds is 4. The van der Waals surface area contributed by atoms with Crippen molar-refractivity contribution in [3.8, 4) is 0 Å². The van der Waals surface area contributed by atoms with Gasteiger partial charge in [0.1, 0.15) is 0 Å². The molecule has 18 heavy (non-hydrogen) atoms. The maximum atomic E-state index is 12.0. The Labute approximate surface area is 107 Å². The quantitative estimate of drug-likeness (QED) is 0.377. The average molecular weight is 246 g/mol. The maximum absolute atomic E-state index is 12.0. The second-order valence-electron chi connectivity index (χ2n) is 5.01. The van der Waals surface area contributed by atoms with Crippen molar-refractivity contribution in [2.75, 3.05) is 13.1 Å². The van der Waals surface area contributed by atoms with Crippen LogP contribution in [0.25, 0.3) is 10.4 Å². The summed E-state index contributed by atoms with van der Waals surface area (Å²) < 4.78 is 0. The summed E-state index contributed by atoms with van der Waals surface area (Å²) in [4.78, 5) is 14.7. The van der Waals surface area contributed by atoms with Gasteiger partial charge in [-0.1, -0.05) is 44.1 Å². The van der Waals surface area contributed by atoms with Gasteiger partial charge in [-0.15, -0.1) is 0 Å². The number of nitrogens with zero attached hydrogens (tertiary/aromatic N) is 3. The van der Waals surface area contributed by atoms with Crippen molar-refractivity contribution in [2.24, 2.45) is 5.11 Å². The van der Waals surface area contributed by atoms with Crippen LogP contribution in [0.2, 0.25) is 0 Å². The molecule has 1 rings (SSSR count). The van der Waals surface area contributed by atoms with Crippen LogP contribution in [0.5, 0.6) is 0 Å². The molecule has 1 aromatic rings. The Hall–Kier alpha value is -2.00. The standard InChI is InChI=1S/C13H18N4O/c1-13(2,3)11-7-5-4-6-10(11)12(18)15-8-9-16-17-14/h4-7H,8-9H2,1-3H3,(H,15,18). The summed E-state index contributed by atoms with van der Waals surface area (Å²) in [5, 5.41) is 6.12. The molecule has 0 aromatic heterocycles. The summed E-state index contributed by atoms with van der Waals surface area (Å²) in [5.41, 5.74) is 9.74. The molecule has 0 saturated heterocycles. The Morgan fingerprint density at radius 1 is 1.39 bits per heavy atom. The van der Waals surface area contributed by atoms with E-state index >= 15 is 0 Å². The van der Waals surface area contributed by atoms with Crippen molar-refractivity contribution in [3.05, 3.63) is 45.8 Å². The van der Waals surface area contributed by atoms with Crippen LogP contribution in [0.3, 0.4) is 0 Å². The fraction of sp³-hybridized carbons (Fsp3) is 0.462. The van der Waals surface area contributed by atoms with Crippen molar-refractivity contribution in [2.45, 2.75) is 26.2 Å². The third kappa shape index (κ3) is 3.79. The number of nitrogens with one attached hydrogen (secondary N) is 1. The highest BCUT2D eigenvalue weighted by atomic mass is 16.1. The zero-order valence-electron chi connectivity index (χ0n) is 11.0. The lowest BCUT2D eigenvalue weighted by molar-refractivity contribution is 0.0952. The molecule has 0 atom stereocenters. The molecule has 0 radical (unpaired) electrons. The number of carbonyl (C=O) groups excluding carboxylic acids is 1. The predicted molar refractivity (Wildman–Crippen MR) is 71.5 cm³/mol. The van der Waals surface area contributed by atoms with Gasteiger partial charge in [-0.25, -0.2) is 0 Å². The first-order valence-corrected chi connectivity index (χ1v) is 5.85. The summed E-state index contributed by atoms with van der Waals surface area (Å²) in [6, 6.07) is 7.54. The van der Waals surface area contributed by atoms with Gasteiger partial charge in [0.2, 0.25) is 0 Å². The van der Waals surface area contributed by atoms with Gasteiger partial charge in [-0.3, -0.25) is 4.79 Å². The summed E-state index contributed by atoms with van der Waals surface area (Å²) in [5.74, 6) is -0.131. The van der Waals surface area contributed by atoms with Gasteiger partial charge in [0, 0.05) is 23.6 Å². The van der Waals surface area contributed by atoms with Crippen LogP contribution < -0.4 is 5.32 Å². The highest BCUT2D eigenvalue weighted by molar-refractivity contribution is 5.96. The predicted octanol–water partition coefficient (Wildman–Crippen LogP) is 3.02. The number of benzene rings is 1. The lowest BCUT2D eigenvalue weighted by Crippen LogP contribution is -2.29. The first kappa shape index (κ1) is 14.1. The molecule has 5 heteroatoms. The van der Waals surface area contributed by atoms with Gasteiger partial charge in [0.05, 0.1) is 0 Å². The van der Waals surface area contributed by atoms with Crippen LogP contribution in [0.1, 0.15) is 36.7 Å². The summed E-state index contributed by atoms with van der Waals surface area (Å²) in [6.07, 6.45) is 0.